The highest BCUT2D eigenvalue weighted by Gasteiger charge is 2.19. The van der Waals surface area contributed by atoms with Crippen LogP contribution in [0.25, 0.3) is 0 Å². The number of carboxylic acids is 1. The number of carbonyl (C=O) groups excluding carboxylic acids is 2. The fraction of sp³-hybridized carbons (Fsp3) is 0.727. The van der Waals surface area contributed by atoms with Gasteiger partial charge in [-0.05, 0) is 6.92 Å². The second kappa shape index (κ2) is 6.95. The first-order valence-electron chi connectivity index (χ1n) is 5.88. The van der Waals surface area contributed by atoms with Gasteiger partial charge in [-0.2, -0.15) is 0 Å². The van der Waals surface area contributed by atoms with Crippen LogP contribution in [0.2, 0.25) is 0 Å². The van der Waals surface area contributed by atoms with Crippen molar-refractivity contribution in [2.75, 3.05) is 26.3 Å². The molecule has 1 heterocycles. The molecule has 1 saturated heterocycles. The molecule has 7 nitrogen and oxygen atoms in total. The quantitative estimate of drug-likeness (QED) is 0.674. The van der Waals surface area contributed by atoms with Crippen LogP contribution in [0.1, 0.15) is 19.8 Å². The van der Waals surface area contributed by atoms with Crippen LogP contribution in [0.15, 0.2) is 0 Å². The third-order valence-electron chi connectivity index (χ3n) is 2.68. The van der Waals surface area contributed by atoms with E-state index in [4.69, 9.17) is 9.84 Å². The Morgan fingerprint density at radius 2 is 1.89 bits per heavy atom. The van der Waals surface area contributed by atoms with Crippen molar-refractivity contribution < 1.29 is 24.2 Å². The molecule has 102 valence electrons. The Bertz CT molecular complexity index is 325. The van der Waals surface area contributed by atoms with Gasteiger partial charge in [-0.3, -0.25) is 14.4 Å². The summed E-state index contributed by atoms with van der Waals surface area (Å²) < 4.78 is 5.12. The third-order valence-corrected chi connectivity index (χ3v) is 2.68. The molecule has 0 aromatic heterocycles. The highest BCUT2D eigenvalue weighted by atomic mass is 16.5. The first kappa shape index (κ1) is 14.4. The van der Waals surface area contributed by atoms with Gasteiger partial charge in [-0.1, -0.05) is 0 Å². The molecular formula is C11H18N2O5. The van der Waals surface area contributed by atoms with E-state index >= 15 is 0 Å². The van der Waals surface area contributed by atoms with Crippen molar-refractivity contribution in [1.29, 1.82) is 0 Å². The van der Waals surface area contributed by atoms with Gasteiger partial charge >= 0.3 is 5.97 Å². The molecule has 7 heteroatoms. The number of amides is 2. The van der Waals surface area contributed by atoms with Crippen LogP contribution < -0.4 is 5.32 Å². The van der Waals surface area contributed by atoms with E-state index in [0.717, 1.165) is 0 Å². The summed E-state index contributed by atoms with van der Waals surface area (Å²) in [7, 11) is 0. The number of morpholine rings is 1. The van der Waals surface area contributed by atoms with Crippen LogP contribution >= 0.6 is 0 Å². The minimum atomic E-state index is -1.09. The Hall–Kier alpha value is -1.63. The number of aliphatic carboxylic acids is 1. The molecule has 2 amide bonds. The highest BCUT2D eigenvalue weighted by molar-refractivity contribution is 5.86. The molecule has 0 aromatic carbocycles. The lowest BCUT2D eigenvalue weighted by Crippen LogP contribution is -2.42. The zero-order valence-electron chi connectivity index (χ0n) is 10.3. The maximum Gasteiger partial charge on any atom is 0.325 e. The second-order valence-corrected chi connectivity index (χ2v) is 4.12. The topological polar surface area (TPSA) is 95.9 Å². The van der Waals surface area contributed by atoms with Crippen LogP contribution in [-0.4, -0.2) is 60.1 Å². The number of nitrogens with zero attached hydrogens (tertiary/aromatic N) is 1. The van der Waals surface area contributed by atoms with Crippen molar-refractivity contribution in [2.45, 2.75) is 25.8 Å². The smallest absolute Gasteiger partial charge is 0.325 e. The zero-order chi connectivity index (χ0) is 13.5. The predicted octanol–water partition coefficient (Wildman–Crippen LogP) is -0.785. The molecule has 1 fully saturated rings. The zero-order valence-corrected chi connectivity index (χ0v) is 10.3. The summed E-state index contributed by atoms with van der Waals surface area (Å²) in [4.78, 5) is 35.2. The Morgan fingerprint density at radius 3 is 2.44 bits per heavy atom. The lowest BCUT2D eigenvalue weighted by molar-refractivity contribution is -0.141. The van der Waals surface area contributed by atoms with Crippen LogP contribution in [0.5, 0.6) is 0 Å². The van der Waals surface area contributed by atoms with Crippen molar-refractivity contribution in [3.8, 4) is 0 Å². The summed E-state index contributed by atoms with van der Waals surface area (Å²) in [6.45, 7) is 3.52. The van der Waals surface area contributed by atoms with E-state index in [1.165, 1.54) is 6.92 Å². The minimum absolute atomic E-state index is 0.00775. The summed E-state index contributed by atoms with van der Waals surface area (Å²) in [6.07, 6.45) is 0.103. The van der Waals surface area contributed by atoms with E-state index in [1.807, 2.05) is 0 Å². The van der Waals surface area contributed by atoms with Gasteiger partial charge in [-0.15, -0.1) is 0 Å². The molecule has 0 radical (unpaired) electrons. The Balaban J connectivity index is 2.25. The summed E-state index contributed by atoms with van der Waals surface area (Å²) in [5.74, 6) is -1.62. The van der Waals surface area contributed by atoms with E-state index in [9.17, 15) is 14.4 Å². The van der Waals surface area contributed by atoms with Crippen LogP contribution in [-0.2, 0) is 19.1 Å². The van der Waals surface area contributed by atoms with Crippen molar-refractivity contribution in [1.82, 2.24) is 10.2 Å². The molecule has 0 spiro atoms. The summed E-state index contributed by atoms with van der Waals surface area (Å²) in [6, 6.07) is -0.934. The fourth-order valence-corrected chi connectivity index (χ4v) is 1.57. The monoisotopic (exact) mass is 258 g/mol. The Labute approximate surface area is 105 Å². The summed E-state index contributed by atoms with van der Waals surface area (Å²) in [5.41, 5.74) is 0. The SMILES string of the molecule is C[C@H](NC(=O)CCC(=O)N1CCOCC1)C(=O)O. The van der Waals surface area contributed by atoms with Gasteiger partial charge in [-0.25, -0.2) is 0 Å². The van der Waals surface area contributed by atoms with Crippen molar-refractivity contribution in [2.24, 2.45) is 0 Å². The van der Waals surface area contributed by atoms with Crippen LogP contribution in [0, 0.1) is 0 Å². The van der Waals surface area contributed by atoms with Crippen LogP contribution in [0.3, 0.4) is 0 Å². The van der Waals surface area contributed by atoms with Gasteiger partial charge in [0.25, 0.3) is 0 Å². The van der Waals surface area contributed by atoms with E-state index in [0.29, 0.717) is 26.3 Å². The first-order valence-corrected chi connectivity index (χ1v) is 5.88. The van der Waals surface area contributed by atoms with E-state index in [-0.39, 0.29) is 18.7 Å². The van der Waals surface area contributed by atoms with Crippen molar-refractivity contribution >= 4 is 17.8 Å². The standard InChI is InChI=1S/C11H18N2O5/c1-8(11(16)17)12-9(14)2-3-10(15)13-4-6-18-7-5-13/h8H,2-7H2,1H3,(H,12,14)(H,16,17)/t8-/m0/s1. The molecular weight excluding hydrogens is 240 g/mol. The molecule has 18 heavy (non-hydrogen) atoms. The maximum atomic E-state index is 11.7. The lowest BCUT2D eigenvalue weighted by Gasteiger charge is -2.26. The average molecular weight is 258 g/mol. The molecule has 2 N–H and O–H groups in total. The number of hydrogen-bond acceptors (Lipinski definition) is 4. The number of rotatable bonds is 5. The predicted molar refractivity (Wildman–Crippen MR) is 61.9 cm³/mol. The maximum absolute atomic E-state index is 11.7. The molecule has 0 unspecified atom stereocenters. The number of hydrogen-bond donors (Lipinski definition) is 2. The normalized spacial score (nSPS) is 17.1. The van der Waals surface area contributed by atoms with E-state index in [1.54, 1.807) is 4.90 Å². The molecule has 0 aliphatic carbocycles. The van der Waals surface area contributed by atoms with Gasteiger partial charge in [0.2, 0.25) is 11.8 Å². The van der Waals surface area contributed by atoms with Gasteiger partial charge in [0.05, 0.1) is 13.2 Å². The fourth-order valence-electron chi connectivity index (χ4n) is 1.57. The first-order chi connectivity index (χ1) is 8.50. The molecule has 0 bridgehead atoms. The highest BCUT2D eigenvalue weighted by Crippen LogP contribution is 2.02. The molecule has 1 aliphatic heterocycles. The molecule has 1 rings (SSSR count). The number of carboxylic acid groups (broad SMARTS) is 1. The van der Waals surface area contributed by atoms with Gasteiger partial charge < -0.3 is 20.1 Å². The average Bonchev–Trinajstić information content (AvgIpc) is 2.36. The van der Waals surface area contributed by atoms with E-state index in [2.05, 4.69) is 5.32 Å². The van der Waals surface area contributed by atoms with Gasteiger partial charge in [0.1, 0.15) is 6.04 Å². The largest absolute Gasteiger partial charge is 0.480 e. The molecule has 1 atom stereocenters. The number of carbonyl (C=O) groups is 3. The van der Waals surface area contributed by atoms with E-state index < -0.39 is 17.9 Å². The summed E-state index contributed by atoms with van der Waals surface area (Å²) >= 11 is 0. The van der Waals surface area contributed by atoms with Crippen molar-refractivity contribution in [3.05, 3.63) is 0 Å². The number of ether oxygens (including phenoxy) is 1. The molecule has 0 aromatic rings. The van der Waals surface area contributed by atoms with Crippen molar-refractivity contribution in [3.63, 3.8) is 0 Å². The minimum Gasteiger partial charge on any atom is -0.480 e. The third kappa shape index (κ3) is 4.70. The molecule has 1 aliphatic rings. The van der Waals surface area contributed by atoms with Crippen LogP contribution in [0.4, 0.5) is 0 Å². The Morgan fingerprint density at radius 1 is 1.28 bits per heavy atom. The van der Waals surface area contributed by atoms with Gasteiger partial charge in [0, 0.05) is 25.9 Å². The van der Waals surface area contributed by atoms with Gasteiger partial charge in [0.15, 0.2) is 0 Å². The second-order valence-electron chi connectivity index (χ2n) is 4.12. The number of nitrogens with one attached hydrogen (secondary N) is 1. The lowest BCUT2D eigenvalue weighted by atomic mass is 10.2. The Kier molecular flexibility index (Phi) is 5.57. The summed E-state index contributed by atoms with van der Waals surface area (Å²) in [5, 5.41) is 10.9. The molecule has 0 saturated carbocycles.